The van der Waals surface area contributed by atoms with Crippen LogP contribution in [0.1, 0.15) is 25.3 Å². The molecule has 7 heteroatoms. The van der Waals surface area contributed by atoms with Crippen LogP contribution < -0.4 is 10.7 Å². The molecule has 0 fully saturated rings. The van der Waals surface area contributed by atoms with Crippen molar-refractivity contribution in [3.05, 3.63) is 29.8 Å². The first-order valence-corrected chi connectivity index (χ1v) is 7.00. The molecular weight excluding hydrogens is 286 g/mol. The van der Waals surface area contributed by atoms with Crippen LogP contribution in [-0.4, -0.2) is 30.1 Å². The molecule has 0 bridgehead atoms. The first-order chi connectivity index (χ1) is 10.6. The number of hydrazone groups is 1. The molecule has 2 N–H and O–H groups in total. The van der Waals surface area contributed by atoms with Crippen LogP contribution in [0.3, 0.4) is 0 Å². The Balaban J connectivity index is 1.85. The van der Waals surface area contributed by atoms with Crippen molar-refractivity contribution in [2.75, 3.05) is 11.9 Å². The monoisotopic (exact) mass is 303 g/mol. The molecule has 1 aromatic carbocycles. The van der Waals surface area contributed by atoms with E-state index >= 15 is 0 Å². The number of aryl methyl sites for hydroxylation is 1. The van der Waals surface area contributed by atoms with Crippen molar-refractivity contribution in [2.45, 2.75) is 26.2 Å². The summed E-state index contributed by atoms with van der Waals surface area (Å²) >= 11 is 0. The normalized spacial score (nSPS) is 13.9. The smallest absolute Gasteiger partial charge is 0.355 e. The van der Waals surface area contributed by atoms with Crippen LogP contribution in [0.5, 0.6) is 0 Å². The lowest BCUT2D eigenvalue weighted by Crippen LogP contribution is -2.32. The Morgan fingerprint density at radius 2 is 2.09 bits per heavy atom. The number of hydrogen-bond acceptors (Lipinski definition) is 5. The molecule has 0 aliphatic carbocycles. The Morgan fingerprint density at radius 1 is 1.32 bits per heavy atom. The van der Waals surface area contributed by atoms with Crippen LogP contribution in [0.15, 0.2) is 29.4 Å². The summed E-state index contributed by atoms with van der Waals surface area (Å²) in [6.07, 6.45) is 1.18. The standard InChI is InChI=1S/C15H17N3O4/c1-2-10-5-3-4-6-11(10)16-14(20)9-22-15(21)12-7-8-13(19)18-17-12/h3-6H,2,7-9H2,1H3,(H,16,20)(H,18,19). The second-order valence-electron chi connectivity index (χ2n) is 4.73. The summed E-state index contributed by atoms with van der Waals surface area (Å²) < 4.78 is 4.89. The van der Waals surface area contributed by atoms with Crippen molar-refractivity contribution in [3.8, 4) is 0 Å². The third-order valence-corrected chi connectivity index (χ3v) is 3.15. The van der Waals surface area contributed by atoms with Gasteiger partial charge in [-0.15, -0.1) is 0 Å². The number of esters is 1. The number of amides is 2. The van der Waals surface area contributed by atoms with Gasteiger partial charge in [0.1, 0.15) is 5.71 Å². The van der Waals surface area contributed by atoms with Crippen molar-refractivity contribution in [1.82, 2.24) is 5.43 Å². The van der Waals surface area contributed by atoms with Crippen LogP contribution in [-0.2, 0) is 25.5 Å². The second-order valence-corrected chi connectivity index (χ2v) is 4.73. The lowest BCUT2D eigenvalue weighted by atomic mass is 10.1. The molecule has 1 aliphatic rings. The fraction of sp³-hybridized carbons (Fsp3) is 0.333. The summed E-state index contributed by atoms with van der Waals surface area (Å²) in [6, 6.07) is 7.42. The van der Waals surface area contributed by atoms with E-state index < -0.39 is 18.5 Å². The van der Waals surface area contributed by atoms with Gasteiger partial charge in [0.2, 0.25) is 5.91 Å². The molecule has 116 valence electrons. The molecule has 0 atom stereocenters. The zero-order chi connectivity index (χ0) is 15.9. The van der Waals surface area contributed by atoms with Crippen molar-refractivity contribution in [2.24, 2.45) is 5.10 Å². The van der Waals surface area contributed by atoms with E-state index in [4.69, 9.17) is 4.74 Å². The van der Waals surface area contributed by atoms with Gasteiger partial charge in [-0.2, -0.15) is 5.10 Å². The van der Waals surface area contributed by atoms with Gasteiger partial charge < -0.3 is 10.1 Å². The van der Waals surface area contributed by atoms with E-state index in [9.17, 15) is 14.4 Å². The number of rotatable bonds is 5. The second kappa shape index (κ2) is 7.35. The van der Waals surface area contributed by atoms with Gasteiger partial charge in [-0.25, -0.2) is 10.2 Å². The summed E-state index contributed by atoms with van der Waals surface area (Å²) in [7, 11) is 0. The maximum atomic E-state index is 11.8. The zero-order valence-electron chi connectivity index (χ0n) is 12.2. The van der Waals surface area contributed by atoms with Gasteiger partial charge in [-0.05, 0) is 18.1 Å². The van der Waals surface area contributed by atoms with E-state index in [1.807, 2.05) is 25.1 Å². The highest BCUT2D eigenvalue weighted by molar-refractivity contribution is 6.37. The van der Waals surface area contributed by atoms with Crippen LogP contribution in [0, 0.1) is 0 Å². The highest BCUT2D eigenvalue weighted by Crippen LogP contribution is 2.15. The summed E-state index contributed by atoms with van der Waals surface area (Å²) in [5.41, 5.74) is 4.02. The highest BCUT2D eigenvalue weighted by atomic mass is 16.5. The van der Waals surface area contributed by atoms with Crippen LogP contribution in [0.2, 0.25) is 0 Å². The molecule has 22 heavy (non-hydrogen) atoms. The lowest BCUT2D eigenvalue weighted by Gasteiger charge is -2.12. The first-order valence-electron chi connectivity index (χ1n) is 7.00. The fourth-order valence-corrected chi connectivity index (χ4v) is 1.97. The third-order valence-electron chi connectivity index (χ3n) is 3.15. The minimum absolute atomic E-state index is 0.112. The van der Waals surface area contributed by atoms with E-state index in [2.05, 4.69) is 15.8 Å². The maximum Gasteiger partial charge on any atom is 0.355 e. The number of hydrogen-bond donors (Lipinski definition) is 2. The number of para-hydroxylation sites is 1. The molecule has 7 nitrogen and oxygen atoms in total. The number of carbonyl (C=O) groups excluding carboxylic acids is 3. The van der Waals surface area contributed by atoms with Gasteiger partial charge in [-0.3, -0.25) is 9.59 Å². The number of carbonyl (C=O) groups is 3. The predicted molar refractivity (Wildman–Crippen MR) is 80.2 cm³/mol. The van der Waals surface area contributed by atoms with Crippen molar-refractivity contribution in [3.63, 3.8) is 0 Å². The number of nitrogens with one attached hydrogen (secondary N) is 2. The molecule has 0 radical (unpaired) electrons. The maximum absolute atomic E-state index is 11.8. The molecule has 0 spiro atoms. The van der Waals surface area contributed by atoms with Crippen molar-refractivity contribution in [1.29, 1.82) is 0 Å². The van der Waals surface area contributed by atoms with Crippen LogP contribution in [0.4, 0.5) is 5.69 Å². The van der Waals surface area contributed by atoms with E-state index in [-0.39, 0.29) is 24.5 Å². The minimum Gasteiger partial charge on any atom is -0.451 e. The molecule has 1 heterocycles. The average molecular weight is 303 g/mol. The molecule has 0 aromatic heterocycles. The Hall–Kier alpha value is -2.70. The Labute approximate surface area is 127 Å². The highest BCUT2D eigenvalue weighted by Gasteiger charge is 2.20. The Kier molecular flexibility index (Phi) is 5.24. The van der Waals surface area contributed by atoms with Gasteiger partial charge in [0, 0.05) is 18.5 Å². The molecule has 2 rings (SSSR count). The van der Waals surface area contributed by atoms with Crippen LogP contribution in [0.25, 0.3) is 0 Å². The van der Waals surface area contributed by atoms with Gasteiger partial charge in [0.25, 0.3) is 5.91 Å². The molecule has 1 aliphatic heterocycles. The first kappa shape index (κ1) is 15.7. The van der Waals surface area contributed by atoms with E-state index in [0.717, 1.165) is 12.0 Å². The number of ether oxygens (including phenoxy) is 1. The molecule has 0 saturated heterocycles. The van der Waals surface area contributed by atoms with E-state index in [1.165, 1.54) is 0 Å². The predicted octanol–water partition coefficient (Wildman–Crippen LogP) is 0.997. The molecule has 2 amide bonds. The largest absolute Gasteiger partial charge is 0.451 e. The quantitative estimate of drug-likeness (QED) is 0.793. The molecule has 0 unspecified atom stereocenters. The molecule has 0 saturated carbocycles. The van der Waals surface area contributed by atoms with E-state index in [0.29, 0.717) is 5.69 Å². The van der Waals surface area contributed by atoms with Gasteiger partial charge in [0.05, 0.1) is 0 Å². The molecular formula is C15H17N3O4. The summed E-state index contributed by atoms with van der Waals surface area (Å²) in [5, 5.41) is 6.31. The Bertz CT molecular complexity index is 625. The summed E-state index contributed by atoms with van der Waals surface area (Å²) in [5.74, 6) is -1.36. The Morgan fingerprint density at radius 3 is 2.77 bits per heavy atom. The van der Waals surface area contributed by atoms with Crippen LogP contribution >= 0.6 is 0 Å². The number of anilines is 1. The van der Waals surface area contributed by atoms with Crippen molar-refractivity contribution >= 4 is 29.2 Å². The average Bonchev–Trinajstić information content (AvgIpc) is 2.54. The molecule has 1 aromatic rings. The summed E-state index contributed by atoms with van der Waals surface area (Å²) in [6.45, 7) is 1.59. The van der Waals surface area contributed by atoms with E-state index in [1.54, 1.807) is 6.07 Å². The number of benzene rings is 1. The SMILES string of the molecule is CCc1ccccc1NC(=O)COC(=O)C1=NNC(=O)CC1. The van der Waals surface area contributed by atoms with Crippen molar-refractivity contribution < 1.29 is 19.1 Å². The fourth-order valence-electron chi connectivity index (χ4n) is 1.97. The third kappa shape index (κ3) is 4.15. The topological polar surface area (TPSA) is 96.9 Å². The summed E-state index contributed by atoms with van der Waals surface area (Å²) in [4.78, 5) is 34.4. The zero-order valence-corrected chi connectivity index (χ0v) is 12.2. The van der Waals surface area contributed by atoms with Gasteiger partial charge in [0.15, 0.2) is 6.61 Å². The van der Waals surface area contributed by atoms with Gasteiger partial charge >= 0.3 is 5.97 Å². The lowest BCUT2D eigenvalue weighted by molar-refractivity contribution is -0.140. The van der Waals surface area contributed by atoms with Gasteiger partial charge in [-0.1, -0.05) is 25.1 Å². The number of nitrogens with zero attached hydrogens (tertiary/aromatic N) is 1. The minimum atomic E-state index is -0.695.